The number of pyridine rings is 1. The van der Waals surface area contributed by atoms with Crippen molar-refractivity contribution < 1.29 is 4.74 Å². The molecule has 0 saturated carbocycles. The zero-order valence-electron chi connectivity index (χ0n) is 9.62. The zero-order chi connectivity index (χ0) is 13.2. The molecule has 2 N–H and O–H groups in total. The first kappa shape index (κ1) is 11.6. The lowest BCUT2D eigenvalue weighted by molar-refractivity contribution is 0.439. The number of benzene rings is 1. The Hall–Kier alpha value is -2.47. The maximum atomic E-state index is 5.67. The fourth-order valence-electron chi connectivity index (χ4n) is 1.60. The zero-order valence-corrected chi connectivity index (χ0v) is 10.4. The van der Waals surface area contributed by atoms with Crippen molar-refractivity contribution in [2.24, 2.45) is 0 Å². The number of nitrogens with two attached hydrogens (primary N) is 1. The number of hydrogen-bond acceptors (Lipinski definition) is 6. The van der Waals surface area contributed by atoms with Crippen LogP contribution in [0.4, 0.5) is 5.95 Å². The minimum atomic E-state index is -0.0174. The third-order valence-corrected chi connectivity index (χ3v) is 2.55. The van der Waals surface area contributed by atoms with Gasteiger partial charge in [-0.05, 0) is 23.7 Å². The minimum absolute atomic E-state index is 0.00347. The highest BCUT2D eigenvalue weighted by Crippen LogP contribution is 2.22. The van der Waals surface area contributed by atoms with Crippen LogP contribution in [0.15, 0.2) is 36.5 Å². The van der Waals surface area contributed by atoms with Crippen LogP contribution in [0.3, 0.4) is 0 Å². The molecule has 0 radical (unpaired) electrons. The normalized spacial score (nSPS) is 10.6. The van der Waals surface area contributed by atoms with E-state index in [0.717, 1.165) is 10.9 Å². The van der Waals surface area contributed by atoms with Gasteiger partial charge in [-0.15, -0.1) is 0 Å². The van der Waals surface area contributed by atoms with Gasteiger partial charge in [-0.25, -0.2) is 0 Å². The Labute approximate surface area is 113 Å². The van der Waals surface area contributed by atoms with Crippen molar-refractivity contribution >= 4 is 28.5 Å². The van der Waals surface area contributed by atoms with Gasteiger partial charge in [0.05, 0.1) is 11.7 Å². The molecule has 0 aliphatic rings. The first-order valence-electron chi connectivity index (χ1n) is 5.40. The summed E-state index contributed by atoms with van der Waals surface area (Å²) in [5, 5.41) is 0.935. The Balaban J connectivity index is 1.96. The van der Waals surface area contributed by atoms with Gasteiger partial charge in [0, 0.05) is 5.39 Å². The molecule has 6 nitrogen and oxygen atoms in total. The summed E-state index contributed by atoms with van der Waals surface area (Å²) in [5.41, 5.74) is 6.34. The maximum Gasteiger partial charge on any atom is 0.328 e. The summed E-state index contributed by atoms with van der Waals surface area (Å²) in [4.78, 5) is 15.6. The first-order chi connectivity index (χ1) is 9.20. The van der Waals surface area contributed by atoms with Crippen molar-refractivity contribution in [3.63, 3.8) is 0 Å². The van der Waals surface area contributed by atoms with E-state index >= 15 is 0 Å². The second kappa shape index (κ2) is 4.66. The summed E-state index contributed by atoms with van der Waals surface area (Å²) in [6, 6.07) is 9.56. The van der Waals surface area contributed by atoms with Gasteiger partial charge < -0.3 is 10.5 Å². The van der Waals surface area contributed by atoms with Crippen LogP contribution < -0.4 is 10.5 Å². The molecule has 0 aliphatic heterocycles. The van der Waals surface area contributed by atoms with Crippen LogP contribution in [0.25, 0.3) is 10.9 Å². The highest BCUT2D eigenvalue weighted by Gasteiger charge is 2.06. The van der Waals surface area contributed by atoms with E-state index in [2.05, 4.69) is 19.9 Å². The number of para-hydroxylation sites is 1. The summed E-state index contributed by atoms with van der Waals surface area (Å²) in [7, 11) is 0. The lowest BCUT2D eigenvalue weighted by atomic mass is 10.2. The Kier molecular flexibility index (Phi) is 2.85. The van der Waals surface area contributed by atoms with Crippen LogP contribution in [0.5, 0.6) is 11.8 Å². The molecule has 3 rings (SSSR count). The molecule has 0 atom stereocenters. The van der Waals surface area contributed by atoms with Crippen molar-refractivity contribution in [2.75, 3.05) is 5.73 Å². The predicted molar refractivity (Wildman–Crippen MR) is 71.1 cm³/mol. The van der Waals surface area contributed by atoms with Crippen LogP contribution in [0.1, 0.15) is 0 Å². The number of fused-ring (bicyclic) bond motifs is 1. The van der Waals surface area contributed by atoms with Crippen LogP contribution in [-0.4, -0.2) is 19.9 Å². The number of anilines is 1. The molecule has 0 amide bonds. The summed E-state index contributed by atoms with van der Waals surface area (Å²) in [5.74, 6) is 0.504. The van der Waals surface area contributed by atoms with E-state index in [9.17, 15) is 0 Å². The van der Waals surface area contributed by atoms with Gasteiger partial charge >= 0.3 is 6.01 Å². The third kappa shape index (κ3) is 2.53. The minimum Gasteiger partial charge on any atom is -0.422 e. The van der Waals surface area contributed by atoms with E-state index < -0.39 is 0 Å². The summed E-state index contributed by atoms with van der Waals surface area (Å²) in [6.07, 6.45) is 1.58. The van der Waals surface area contributed by atoms with Gasteiger partial charge in [0.15, 0.2) is 0 Å². The van der Waals surface area contributed by atoms with E-state index in [1.54, 1.807) is 6.20 Å². The standard InChI is InChI=1S/C12H8ClN5O/c13-10-16-11(14)18-12(17-10)19-8-5-7-3-1-2-4-9(7)15-6-8/h1-6H,(H2,14,16,17,18). The number of halogens is 1. The van der Waals surface area contributed by atoms with Gasteiger partial charge in [0.1, 0.15) is 5.75 Å². The number of ether oxygens (including phenoxy) is 1. The molecule has 0 unspecified atom stereocenters. The molecule has 19 heavy (non-hydrogen) atoms. The van der Waals surface area contributed by atoms with Gasteiger partial charge in [-0.1, -0.05) is 18.2 Å². The first-order valence-corrected chi connectivity index (χ1v) is 5.78. The smallest absolute Gasteiger partial charge is 0.328 e. The topological polar surface area (TPSA) is 86.8 Å². The second-order valence-electron chi connectivity index (χ2n) is 3.71. The molecule has 0 saturated heterocycles. The van der Waals surface area contributed by atoms with Gasteiger partial charge in [0.25, 0.3) is 0 Å². The van der Waals surface area contributed by atoms with E-state index in [4.69, 9.17) is 22.1 Å². The van der Waals surface area contributed by atoms with Crippen molar-refractivity contribution in [3.8, 4) is 11.8 Å². The van der Waals surface area contributed by atoms with E-state index in [1.165, 1.54) is 0 Å². The Morgan fingerprint density at radius 1 is 1.11 bits per heavy atom. The summed E-state index contributed by atoms with van der Waals surface area (Å²) < 4.78 is 5.46. The van der Waals surface area contributed by atoms with Crippen molar-refractivity contribution in [3.05, 3.63) is 41.8 Å². The highest BCUT2D eigenvalue weighted by molar-refractivity contribution is 6.28. The van der Waals surface area contributed by atoms with Crippen molar-refractivity contribution in [1.29, 1.82) is 0 Å². The van der Waals surface area contributed by atoms with Crippen LogP contribution >= 0.6 is 11.6 Å². The Bertz CT molecular complexity index is 729. The number of nitrogens with zero attached hydrogens (tertiary/aromatic N) is 4. The molecule has 7 heteroatoms. The van der Waals surface area contributed by atoms with Gasteiger partial charge in [0.2, 0.25) is 11.2 Å². The van der Waals surface area contributed by atoms with E-state index in [1.807, 2.05) is 30.3 Å². The lowest BCUT2D eigenvalue weighted by Gasteiger charge is -2.05. The third-order valence-electron chi connectivity index (χ3n) is 2.38. The lowest BCUT2D eigenvalue weighted by Crippen LogP contribution is -2.00. The molecule has 1 aromatic carbocycles. The predicted octanol–water partition coefficient (Wildman–Crippen LogP) is 2.45. The Morgan fingerprint density at radius 3 is 2.79 bits per heavy atom. The summed E-state index contributed by atoms with van der Waals surface area (Å²) >= 11 is 5.67. The number of nitrogen functional groups attached to an aromatic ring is 1. The number of aromatic nitrogens is 4. The fraction of sp³-hybridized carbons (Fsp3) is 0. The monoisotopic (exact) mass is 273 g/mol. The maximum absolute atomic E-state index is 5.67. The molecule has 94 valence electrons. The van der Waals surface area contributed by atoms with Crippen LogP contribution in [0.2, 0.25) is 5.28 Å². The van der Waals surface area contributed by atoms with Gasteiger partial charge in [-0.2, -0.15) is 15.0 Å². The molecule has 0 fully saturated rings. The Morgan fingerprint density at radius 2 is 1.95 bits per heavy atom. The number of rotatable bonds is 2. The average Bonchev–Trinajstić information content (AvgIpc) is 2.37. The largest absolute Gasteiger partial charge is 0.422 e. The molecule has 2 heterocycles. The van der Waals surface area contributed by atoms with E-state index in [-0.39, 0.29) is 17.2 Å². The summed E-state index contributed by atoms with van der Waals surface area (Å²) in [6.45, 7) is 0. The SMILES string of the molecule is Nc1nc(Cl)nc(Oc2cnc3ccccc3c2)n1. The van der Waals surface area contributed by atoms with E-state index in [0.29, 0.717) is 5.75 Å². The quantitative estimate of drug-likeness (QED) is 0.772. The molecule has 0 aliphatic carbocycles. The fourth-order valence-corrected chi connectivity index (χ4v) is 1.76. The highest BCUT2D eigenvalue weighted by atomic mass is 35.5. The molecule has 2 aromatic heterocycles. The van der Waals surface area contributed by atoms with Crippen LogP contribution in [-0.2, 0) is 0 Å². The molecule has 0 spiro atoms. The molecule has 0 bridgehead atoms. The molecule has 3 aromatic rings. The second-order valence-corrected chi connectivity index (χ2v) is 4.05. The average molecular weight is 274 g/mol. The van der Waals surface area contributed by atoms with Gasteiger partial charge in [-0.3, -0.25) is 4.98 Å². The van der Waals surface area contributed by atoms with Crippen molar-refractivity contribution in [1.82, 2.24) is 19.9 Å². The molecular weight excluding hydrogens is 266 g/mol. The number of hydrogen-bond donors (Lipinski definition) is 1. The van der Waals surface area contributed by atoms with Crippen LogP contribution in [0, 0.1) is 0 Å². The van der Waals surface area contributed by atoms with Crippen molar-refractivity contribution in [2.45, 2.75) is 0 Å². The molecular formula is C12H8ClN5O.